The molecule has 3 aliphatic rings. The zero-order valence-electron chi connectivity index (χ0n) is 15.1. The Morgan fingerprint density at radius 3 is 2.62 bits per heavy atom. The minimum absolute atomic E-state index is 0. The highest BCUT2D eigenvalue weighted by atomic mass is 35.5. The van der Waals surface area contributed by atoms with E-state index in [4.69, 9.17) is 4.74 Å². The Balaban J connectivity index is 0.00000196. The maximum atomic E-state index is 12.7. The number of amides is 1. The van der Waals surface area contributed by atoms with Gasteiger partial charge in [-0.25, -0.2) is 0 Å². The van der Waals surface area contributed by atoms with Crippen molar-refractivity contribution in [2.45, 2.75) is 44.3 Å². The van der Waals surface area contributed by atoms with Crippen LogP contribution in [0.5, 0.6) is 5.75 Å². The number of hydrogen-bond donors (Lipinski definition) is 2. The highest BCUT2D eigenvalue weighted by Crippen LogP contribution is 2.35. The monoisotopic (exact) mass is 380 g/mol. The molecule has 3 fully saturated rings. The molecule has 0 unspecified atom stereocenters. The number of carbonyl (C=O) groups is 1. The summed E-state index contributed by atoms with van der Waals surface area (Å²) >= 11 is 0. The second kappa shape index (κ2) is 8.59. The Hall–Kier alpha value is -1.30. The fourth-order valence-corrected chi connectivity index (χ4v) is 4.54. The number of nitrogens with zero attached hydrogens (tertiary/aromatic N) is 1. The standard InChI is InChI=1S/C20H28N2O3.ClH/c23-18-10-15-12-21-13-16(15)11-19(18)25-17-6-4-5-14(9-17)20(24)22-7-2-1-3-8-22;/h4-6,9,15-16,18-19,21,23H,1-3,7-8,10-13H2;1H/t15-,16+,18+,19+;/m0./s1. The average molecular weight is 381 g/mol. The van der Waals surface area contributed by atoms with E-state index in [-0.39, 0.29) is 24.4 Å². The summed E-state index contributed by atoms with van der Waals surface area (Å²) in [6.07, 6.45) is 4.46. The molecule has 0 radical (unpaired) electrons. The van der Waals surface area contributed by atoms with Crippen molar-refractivity contribution in [3.05, 3.63) is 29.8 Å². The number of rotatable bonds is 3. The van der Waals surface area contributed by atoms with Crippen LogP contribution in [0.4, 0.5) is 0 Å². The van der Waals surface area contributed by atoms with Crippen LogP contribution in [-0.2, 0) is 0 Å². The van der Waals surface area contributed by atoms with Crippen LogP contribution in [0.3, 0.4) is 0 Å². The van der Waals surface area contributed by atoms with Crippen LogP contribution in [0.2, 0.25) is 0 Å². The third kappa shape index (κ3) is 4.16. The van der Waals surface area contributed by atoms with E-state index in [1.54, 1.807) is 0 Å². The van der Waals surface area contributed by atoms with Crippen molar-refractivity contribution in [2.24, 2.45) is 11.8 Å². The second-order valence-electron chi connectivity index (χ2n) is 7.75. The van der Waals surface area contributed by atoms with Crippen molar-refractivity contribution in [3.8, 4) is 5.75 Å². The third-order valence-electron chi connectivity index (χ3n) is 6.00. The van der Waals surface area contributed by atoms with Gasteiger partial charge in [-0.1, -0.05) is 6.07 Å². The number of carbonyl (C=O) groups excluding carboxylic acids is 1. The summed E-state index contributed by atoms with van der Waals surface area (Å²) in [6.45, 7) is 3.72. The molecule has 144 valence electrons. The highest BCUT2D eigenvalue weighted by molar-refractivity contribution is 5.94. The van der Waals surface area contributed by atoms with Crippen molar-refractivity contribution in [3.63, 3.8) is 0 Å². The van der Waals surface area contributed by atoms with E-state index in [2.05, 4.69) is 5.32 Å². The molecule has 1 aromatic rings. The van der Waals surface area contributed by atoms with Gasteiger partial charge in [-0.3, -0.25) is 4.79 Å². The first kappa shape index (κ1) is 19.5. The number of aliphatic hydroxyl groups excluding tert-OH is 1. The van der Waals surface area contributed by atoms with Gasteiger partial charge in [0.1, 0.15) is 11.9 Å². The molecule has 6 heteroatoms. The number of ether oxygens (including phenoxy) is 1. The Morgan fingerprint density at radius 2 is 1.85 bits per heavy atom. The van der Waals surface area contributed by atoms with Gasteiger partial charge < -0.3 is 20.1 Å². The van der Waals surface area contributed by atoms with Crippen LogP contribution < -0.4 is 10.1 Å². The minimum atomic E-state index is -0.428. The molecule has 2 heterocycles. The van der Waals surface area contributed by atoms with Gasteiger partial charge >= 0.3 is 0 Å². The van der Waals surface area contributed by atoms with Crippen LogP contribution in [0.15, 0.2) is 24.3 Å². The van der Waals surface area contributed by atoms with E-state index >= 15 is 0 Å². The number of likely N-dealkylation sites (tertiary alicyclic amines) is 1. The van der Waals surface area contributed by atoms with Gasteiger partial charge in [-0.2, -0.15) is 0 Å². The lowest BCUT2D eigenvalue weighted by atomic mass is 9.78. The lowest BCUT2D eigenvalue weighted by molar-refractivity contribution is -0.0231. The number of halogens is 1. The average Bonchev–Trinajstić information content (AvgIpc) is 3.09. The van der Waals surface area contributed by atoms with Crippen LogP contribution in [0, 0.1) is 11.8 Å². The molecule has 2 aliphatic heterocycles. The highest BCUT2D eigenvalue weighted by Gasteiger charge is 2.39. The number of hydrogen-bond acceptors (Lipinski definition) is 4. The molecule has 1 amide bonds. The Bertz CT molecular complexity index is 621. The fourth-order valence-electron chi connectivity index (χ4n) is 4.54. The van der Waals surface area contributed by atoms with Gasteiger partial charge in [0.25, 0.3) is 5.91 Å². The SMILES string of the molecule is Cl.O=C(c1cccc(O[C@@H]2C[C@@H]3CNC[C@@H]3C[C@H]2O)c1)N1CCCCC1. The Kier molecular flexibility index (Phi) is 6.43. The molecule has 0 spiro atoms. The van der Waals surface area contributed by atoms with E-state index in [9.17, 15) is 9.90 Å². The molecular formula is C20H29ClN2O3. The minimum Gasteiger partial charge on any atom is -0.488 e. The number of fused-ring (bicyclic) bond motifs is 1. The molecule has 4 rings (SSSR count). The fraction of sp³-hybridized carbons (Fsp3) is 0.650. The zero-order valence-corrected chi connectivity index (χ0v) is 15.9. The number of nitrogens with one attached hydrogen (secondary N) is 1. The third-order valence-corrected chi connectivity index (χ3v) is 6.00. The number of benzene rings is 1. The quantitative estimate of drug-likeness (QED) is 0.845. The summed E-state index contributed by atoms with van der Waals surface area (Å²) in [5.41, 5.74) is 0.685. The van der Waals surface area contributed by atoms with E-state index in [1.807, 2.05) is 29.2 Å². The zero-order chi connectivity index (χ0) is 17.2. The van der Waals surface area contributed by atoms with Gasteiger partial charge in [0.15, 0.2) is 0 Å². The van der Waals surface area contributed by atoms with E-state index in [1.165, 1.54) is 6.42 Å². The normalized spacial score (nSPS) is 31.0. The largest absolute Gasteiger partial charge is 0.488 e. The van der Waals surface area contributed by atoms with Crippen molar-refractivity contribution >= 4 is 18.3 Å². The van der Waals surface area contributed by atoms with Gasteiger partial charge in [0.2, 0.25) is 0 Å². The molecule has 0 aromatic heterocycles. The first-order chi connectivity index (χ1) is 12.2. The van der Waals surface area contributed by atoms with E-state index in [0.717, 1.165) is 51.9 Å². The van der Waals surface area contributed by atoms with Crippen molar-refractivity contribution < 1.29 is 14.6 Å². The number of aliphatic hydroxyl groups is 1. The molecule has 4 atom stereocenters. The molecule has 1 aromatic carbocycles. The van der Waals surface area contributed by atoms with Gasteiger partial charge in [0.05, 0.1) is 6.10 Å². The van der Waals surface area contributed by atoms with Gasteiger partial charge in [-0.15, -0.1) is 12.4 Å². The van der Waals surface area contributed by atoms with Crippen LogP contribution in [-0.4, -0.2) is 54.3 Å². The summed E-state index contributed by atoms with van der Waals surface area (Å²) in [5, 5.41) is 13.8. The van der Waals surface area contributed by atoms with E-state index in [0.29, 0.717) is 23.1 Å². The molecule has 26 heavy (non-hydrogen) atoms. The van der Waals surface area contributed by atoms with E-state index < -0.39 is 6.10 Å². The molecule has 5 nitrogen and oxygen atoms in total. The topological polar surface area (TPSA) is 61.8 Å². The maximum absolute atomic E-state index is 12.7. The van der Waals surface area contributed by atoms with Gasteiger partial charge in [0, 0.05) is 18.7 Å². The summed E-state index contributed by atoms with van der Waals surface area (Å²) in [6, 6.07) is 7.46. The molecule has 0 bridgehead atoms. The van der Waals surface area contributed by atoms with Crippen LogP contribution >= 0.6 is 12.4 Å². The second-order valence-corrected chi connectivity index (χ2v) is 7.75. The number of piperidine rings is 1. The predicted molar refractivity (Wildman–Crippen MR) is 103 cm³/mol. The Labute approximate surface area is 161 Å². The smallest absolute Gasteiger partial charge is 0.253 e. The van der Waals surface area contributed by atoms with Crippen molar-refractivity contribution in [1.82, 2.24) is 10.2 Å². The summed E-state index contributed by atoms with van der Waals surface area (Å²) in [4.78, 5) is 14.6. The molecule has 1 aliphatic carbocycles. The van der Waals surface area contributed by atoms with Crippen LogP contribution in [0.25, 0.3) is 0 Å². The first-order valence-corrected chi connectivity index (χ1v) is 9.65. The summed E-state index contributed by atoms with van der Waals surface area (Å²) in [7, 11) is 0. The van der Waals surface area contributed by atoms with Crippen molar-refractivity contribution in [1.29, 1.82) is 0 Å². The first-order valence-electron chi connectivity index (χ1n) is 9.65. The predicted octanol–water partition coefficient (Wildman–Crippen LogP) is 2.47. The van der Waals surface area contributed by atoms with Crippen molar-refractivity contribution in [2.75, 3.05) is 26.2 Å². The van der Waals surface area contributed by atoms with Crippen LogP contribution in [0.1, 0.15) is 42.5 Å². The Morgan fingerprint density at radius 1 is 1.12 bits per heavy atom. The molecule has 1 saturated carbocycles. The summed E-state index contributed by atoms with van der Waals surface area (Å²) in [5.74, 6) is 1.94. The lowest BCUT2D eigenvalue weighted by Gasteiger charge is -2.35. The molecule has 2 N–H and O–H groups in total. The lowest BCUT2D eigenvalue weighted by Crippen LogP contribution is -2.42. The maximum Gasteiger partial charge on any atom is 0.253 e. The molecule has 2 saturated heterocycles. The molecular weight excluding hydrogens is 352 g/mol. The summed E-state index contributed by atoms with van der Waals surface area (Å²) < 4.78 is 6.11. The van der Waals surface area contributed by atoms with Gasteiger partial charge in [-0.05, 0) is 75.2 Å².